The second kappa shape index (κ2) is 6.10. The van der Waals surface area contributed by atoms with Crippen LogP contribution in [0.5, 0.6) is 0 Å². The molecular weight excluding hydrogens is 256 g/mol. The van der Waals surface area contributed by atoms with Crippen molar-refractivity contribution in [3.8, 4) is 0 Å². The number of nitrogens with one attached hydrogen (secondary N) is 1. The minimum atomic E-state index is 0.803. The van der Waals surface area contributed by atoms with E-state index in [1.807, 2.05) is 0 Å². The maximum Gasteiger partial charge on any atom is 0.0233 e. The van der Waals surface area contributed by atoms with Crippen LogP contribution in [0.2, 0.25) is 0 Å². The second-order valence-corrected chi connectivity index (χ2v) is 7.55. The number of nitrogens with zero attached hydrogens (tertiary/aromatic N) is 1. The summed E-state index contributed by atoms with van der Waals surface area (Å²) in [4.78, 5) is 2.72. The molecule has 0 spiro atoms. The van der Waals surface area contributed by atoms with Gasteiger partial charge in [-0.3, -0.25) is 4.90 Å². The summed E-state index contributed by atoms with van der Waals surface area (Å²) in [6, 6.07) is 10.1. The van der Waals surface area contributed by atoms with Crippen LogP contribution in [0.4, 0.5) is 0 Å². The van der Waals surface area contributed by atoms with E-state index < -0.39 is 0 Å². The molecule has 3 saturated carbocycles. The molecule has 2 nitrogen and oxygen atoms in total. The molecule has 0 amide bonds. The molecule has 4 rings (SSSR count). The van der Waals surface area contributed by atoms with Crippen LogP contribution in [0.25, 0.3) is 0 Å². The maximum atomic E-state index is 3.59. The third-order valence-electron chi connectivity index (χ3n) is 5.03. The fourth-order valence-electron chi connectivity index (χ4n) is 3.11. The van der Waals surface area contributed by atoms with Gasteiger partial charge in [-0.15, -0.1) is 0 Å². The highest BCUT2D eigenvalue weighted by Gasteiger charge is 2.29. The lowest BCUT2D eigenvalue weighted by molar-refractivity contribution is 0.244. The highest BCUT2D eigenvalue weighted by molar-refractivity contribution is 5.22. The van der Waals surface area contributed by atoms with E-state index in [-0.39, 0.29) is 0 Å². The van der Waals surface area contributed by atoms with E-state index >= 15 is 0 Å². The molecule has 0 heterocycles. The van der Waals surface area contributed by atoms with Crippen molar-refractivity contribution < 1.29 is 0 Å². The number of hydrogen-bond acceptors (Lipinski definition) is 2. The quantitative estimate of drug-likeness (QED) is 0.746. The van der Waals surface area contributed by atoms with Gasteiger partial charge >= 0.3 is 0 Å². The van der Waals surface area contributed by atoms with E-state index in [1.165, 1.54) is 62.7 Å². The Morgan fingerprint density at radius 1 is 0.810 bits per heavy atom. The Hall–Kier alpha value is -0.860. The van der Waals surface area contributed by atoms with Gasteiger partial charge in [-0.2, -0.15) is 0 Å². The van der Waals surface area contributed by atoms with E-state index in [2.05, 4.69) is 34.5 Å². The molecule has 21 heavy (non-hydrogen) atoms. The van der Waals surface area contributed by atoms with Gasteiger partial charge in [-0.25, -0.2) is 0 Å². The minimum absolute atomic E-state index is 0.803. The summed E-state index contributed by atoms with van der Waals surface area (Å²) in [6.07, 6.45) is 8.60. The third kappa shape index (κ3) is 4.55. The summed E-state index contributed by atoms with van der Waals surface area (Å²) in [7, 11) is 0. The number of benzene rings is 1. The Labute approximate surface area is 128 Å². The van der Waals surface area contributed by atoms with Crippen molar-refractivity contribution in [1.82, 2.24) is 10.2 Å². The Morgan fingerprint density at radius 2 is 1.38 bits per heavy atom. The van der Waals surface area contributed by atoms with Crippen LogP contribution in [-0.2, 0) is 13.1 Å². The Balaban J connectivity index is 1.30. The summed E-state index contributed by atoms with van der Waals surface area (Å²) in [5.74, 6) is 2.01. The topological polar surface area (TPSA) is 15.3 Å². The van der Waals surface area contributed by atoms with Gasteiger partial charge in [-0.1, -0.05) is 24.3 Å². The second-order valence-electron chi connectivity index (χ2n) is 7.55. The first-order chi connectivity index (χ1) is 10.3. The lowest BCUT2D eigenvalue weighted by Crippen LogP contribution is -2.27. The van der Waals surface area contributed by atoms with E-state index in [0.29, 0.717) is 0 Å². The highest BCUT2D eigenvalue weighted by atomic mass is 15.1. The summed E-state index contributed by atoms with van der Waals surface area (Å²) in [5, 5.41) is 3.59. The van der Waals surface area contributed by atoms with Gasteiger partial charge in [-0.05, 0) is 61.5 Å². The first-order valence-electron chi connectivity index (χ1n) is 8.89. The zero-order chi connectivity index (χ0) is 14.1. The van der Waals surface area contributed by atoms with Gasteiger partial charge in [0.15, 0.2) is 0 Å². The number of rotatable bonds is 9. The Bertz CT molecular complexity index is 441. The van der Waals surface area contributed by atoms with Crippen molar-refractivity contribution in [2.24, 2.45) is 11.8 Å². The molecule has 1 aromatic carbocycles. The predicted molar refractivity (Wildman–Crippen MR) is 87.0 cm³/mol. The zero-order valence-corrected chi connectivity index (χ0v) is 13.1. The molecule has 3 aliphatic carbocycles. The van der Waals surface area contributed by atoms with Gasteiger partial charge in [0.1, 0.15) is 0 Å². The molecule has 1 aromatic rings. The molecule has 3 aliphatic rings. The van der Waals surface area contributed by atoms with E-state index in [4.69, 9.17) is 0 Å². The van der Waals surface area contributed by atoms with Gasteiger partial charge in [0.2, 0.25) is 0 Å². The molecule has 0 unspecified atom stereocenters. The monoisotopic (exact) mass is 284 g/mol. The first-order valence-corrected chi connectivity index (χ1v) is 8.89. The average Bonchev–Trinajstić information content (AvgIpc) is 3.34. The number of hydrogen-bond donors (Lipinski definition) is 1. The molecule has 0 bridgehead atoms. The van der Waals surface area contributed by atoms with Gasteiger partial charge < -0.3 is 5.32 Å². The standard InChI is InChI=1S/C19H28N2/c1-3-16(4-2-15(1)11-20-19-9-10-19)12-21(13-17-5-6-17)14-18-7-8-18/h1-4,17-20H,5-14H2. The maximum absolute atomic E-state index is 3.59. The molecule has 2 heteroatoms. The van der Waals surface area contributed by atoms with Crippen molar-refractivity contribution in [3.05, 3.63) is 35.4 Å². The molecular formula is C19H28N2. The minimum Gasteiger partial charge on any atom is -0.310 e. The highest BCUT2D eigenvalue weighted by Crippen LogP contribution is 2.34. The molecule has 3 fully saturated rings. The molecule has 114 valence electrons. The summed E-state index contributed by atoms with van der Waals surface area (Å²) in [6.45, 7) is 4.87. The van der Waals surface area contributed by atoms with Crippen LogP contribution in [0, 0.1) is 11.8 Å². The van der Waals surface area contributed by atoms with Crippen LogP contribution in [0.3, 0.4) is 0 Å². The van der Waals surface area contributed by atoms with Gasteiger partial charge in [0, 0.05) is 32.2 Å². The molecule has 1 N–H and O–H groups in total. The van der Waals surface area contributed by atoms with Gasteiger partial charge in [0.25, 0.3) is 0 Å². The van der Waals surface area contributed by atoms with Crippen molar-refractivity contribution >= 4 is 0 Å². The largest absolute Gasteiger partial charge is 0.310 e. The van der Waals surface area contributed by atoms with Crippen molar-refractivity contribution in [2.45, 2.75) is 57.7 Å². The van der Waals surface area contributed by atoms with Crippen LogP contribution >= 0.6 is 0 Å². The summed E-state index contributed by atoms with van der Waals surface area (Å²) in [5.41, 5.74) is 2.92. The van der Waals surface area contributed by atoms with Crippen LogP contribution < -0.4 is 5.32 Å². The fraction of sp³-hybridized carbons (Fsp3) is 0.684. The van der Waals surface area contributed by atoms with Crippen LogP contribution in [0.1, 0.15) is 49.7 Å². The molecule has 0 saturated heterocycles. The molecule has 0 radical (unpaired) electrons. The van der Waals surface area contributed by atoms with Crippen molar-refractivity contribution in [2.75, 3.05) is 13.1 Å². The lowest BCUT2D eigenvalue weighted by atomic mass is 10.1. The zero-order valence-electron chi connectivity index (χ0n) is 13.1. The molecule has 0 atom stereocenters. The molecule has 0 aromatic heterocycles. The Kier molecular flexibility index (Phi) is 4.00. The predicted octanol–water partition coefficient (Wildman–Crippen LogP) is 3.56. The summed E-state index contributed by atoms with van der Waals surface area (Å²) >= 11 is 0. The third-order valence-corrected chi connectivity index (χ3v) is 5.03. The average molecular weight is 284 g/mol. The summed E-state index contributed by atoms with van der Waals surface area (Å²) < 4.78 is 0. The van der Waals surface area contributed by atoms with Crippen LogP contribution in [-0.4, -0.2) is 24.0 Å². The first kappa shape index (κ1) is 13.8. The normalized spacial score (nSPS) is 22.0. The Morgan fingerprint density at radius 3 is 1.90 bits per heavy atom. The smallest absolute Gasteiger partial charge is 0.0233 e. The van der Waals surface area contributed by atoms with Gasteiger partial charge in [0.05, 0.1) is 0 Å². The van der Waals surface area contributed by atoms with Crippen molar-refractivity contribution in [1.29, 1.82) is 0 Å². The fourth-order valence-corrected chi connectivity index (χ4v) is 3.11. The van der Waals surface area contributed by atoms with E-state index in [0.717, 1.165) is 31.0 Å². The van der Waals surface area contributed by atoms with Crippen molar-refractivity contribution in [3.63, 3.8) is 0 Å². The SMILES string of the molecule is c1cc(CN(CC2CC2)CC2CC2)ccc1CNC1CC1. The van der Waals surface area contributed by atoms with E-state index in [9.17, 15) is 0 Å². The lowest BCUT2D eigenvalue weighted by Gasteiger charge is -2.22. The van der Waals surface area contributed by atoms with Crippen LogP contribution in [0.15, 0.2) is 24.3 Å². The molecule has 0 aliphatic heterocycles. The van der Waals surface area contributed by atoms with E-state index in [1.54, 1.807) is 0 Å².